The number of nitrogens with zero attached hydrogens (tertiary/aromatic N) is 2. The molecule has 0 aliphatic carbocycles. The van der Waals surface area contributed by atoms with Crippen molar-refractivity contribution in [2.75, 3.05) is 45.8 Å². The van der Waals surface area contributed by atoms with Gasteiger partial charge in [-0.3, -0.25) is 4.90 Å². The highest BCUT2D eigenvalue weighted by molar-refractivity contribution is 5.73. The van der Waals surface area contributed by atoms with Crippen LogP contribution in [0.2, 0.25) is 0 Å². The van der Waals surface area contributed by atoms with E-state index in [4.69, 9.17) is 0 Å². The molecule has 0 aromatic rings. The third-order valence-electron chi connectivity index (χ3n) is 4.18. The van der Waals surface area contributed by atoms with Crippen molar-refractivity contribution >= 4 is 6.03 Å². The molecule has 132 valence electrons. The van der Waals surface area contributed by atoms with E-state index in [0.717, 1.165) is 45.7 Å². The van der Waals surface area contributed by atoms with Crippen LogP contribution in [0.4, 0.5) is 4.79 Å². The Morgan fingerprint density at radius 1 is 0.955 bits per heavy atom. The predicted octanol–water partition coefficient (Wildman–Crippen LogP) is 2.38. The van der Waals surface area contributed by atoms with Crippen molar-refractivity contribution in [2.24, 2.45) is 5.92 Å². The van der Waals surface area contributed by atoms with E-state index in [2.05, 4.69) is 62.0 Å². The molecular weight excluding hydrogens is 276 g/mol. The van der Waals surface area contributed by atoms with Gasteiger partial charge in [0, 0.05) is 25.7 Å². The first-order valence-electron chi connectivity index (χ1n) is 8.96. The quantitative estimate of drug-likeness (QED) is 0.581. The second-order valence-electron chi connectivity index (χ2n) is 6.17. The average molecular weight is 315 g/mol. The molecule has 0 saturated heterocycles. The topological polar surface area (TPSA) is 47.6 Å². The summed E-state index contributed by atoms with van der Waals surface area (Å²) in [5.41, 5.74) is 0. The summed E-state index contributed by atoms with van der Waals surface area (Å²) >= 11 is 0. The maximum Gasteiger partial charge on any atom is 0.314 e. The molecule has 1 atom stereocenters. The van der Waals surface area contributed by atoms with Crippen LogP contribution >= 0.6 is 0 Å². The minimum Gasteiger partial charge on any atom is -0.337 e. The summed E-state index contributed by atoms with van der Waals surface area (Å²) in [5.74, 6) is 0.637. The standard InChI is InChI=1S/C17H38N4O/c1-7-20(8-2)12-11-18-17(22)19-14-16(13-15(5)6)21(9-3)10-4/h15-16H,7-14H2,1-6H3,(H2,18,19,22). The largest absolute Gasteiger partial charge is 0.337 e. The number of likely N-dealkylation sites (N-methyl/N-ethyl adjacent to an activating group) is 2. The van der Waals surface area contributed by atoms with Gasteiger partial charge in [-0.25, -0.2) is 4.79 Å². The van der Waals surface area contributed by atoms with Gasteiger partial charge in [0.15, 0.2) is 0 Å². The summed E-state index contributed by atoms with van der Waals surface area (Å²) in [7, 11) is 0. The highest BCUT2D eigenvalue weighted by atomic mass is 16.2. The van der Waals surface area contributed by atoms with E-state index in [1.807, 2.05) is 0 Å². The molecule has 0 aromatic heterocycles. The third kappa shape index (κ3) is 9.26. The number of amides is 2. The van der Waals surface area contributed by atoms with Gasteiger partial charge in [0.1, 0.15) is 0 Å². The Morgan fingerprint density at radius 2 is 1.55 bits per heavy atom. The number of nitrogens with one attached hydrogen (secondary N) is 2. The second-order valence-corrected chi connectivity index (χ2v) is 6.17. The number of hydrogen-bond donors (Lipinski definition) is 2. The first kappa shape index (κ1) is 21.2. The molecule has 0 fully saturated rings. The Balaban J connectivity index is 4.15. The molecule has 2 N–H and O–H groups in total. The van der Waals surface area contributed by atoms with Crippen molar-refractivity contribution in [3.63, 3.8) is 0 Å². The van der Waals surface area contributed by atoms with Gasteiger partial charge in [0.25, 0.3) is 0 Å². The molecule has 2 amide bonds. The molecule has 22 heavy (non-hydrogen) atoms. The van der Waals surface area contributed by atoms with E-state index in [9.17, 15) is 4.79 Å². The van der Waals surface area contributed by atoms with Crippen LogP contribution in [0.1, 0.15) is 48.0 Å². The zero-order chi connectivity index (χ0) is 17.0. The molecule has 0 aromatic carbocycles. The zero-order valence-corrected chi connectivity index (χ0v) is 15.6. The molecule has 0 bridgehead atoms. The molecular formula is C17H38N4O. The van der Waals surface area contributed by atoms with Crippen LogP contribution in [0.5, 0.6) is 0 Å². The lowest BCUT2D eigenvalue weighted by Gasteiger charge is -2.31. The van der Waals surface area contributed by atoms with Gasteiger partial charge in [-0.05, 0) is 38.5 Å². The number of carbonyl (C=O) groups excluding carboxylic acids is 1. The second kappa shape index (κ2) is 12.7. The molecule has 5 heteroatoms. The molecule has 5 nitrogen and oxygen atoms in total. The fraction of sp³-hybridized carbons (Fsp3) is 0.941. The molecule has 0 radical (unpaired) electrons. The zero-order valence-electron chi connectivity index (χ0n) is 15.6. The van der Waals surface area contributed by atoms with Crippen LogP contribution in [-0.2, 0) is 0 Å². The maximum atomic E-state index is 11.9. The van der Waals surface area contributed by atoms with E-state index < -0.39 is 0 Å². The van der Waals surface area contributed by atoms with Crippen LogP contribution in [0.25, 0.3) is 0 Å². The Hall–Kier alpha value is -0.810. The minimum atomic E-state index is -0.0481. The van der Waals surface area contributed by atoms with Crippen molar-refractivity contribution < 1.29 is 4.79 Å². The lowest BCUT2D eigenvalue weighted by Crippen LogP contribution is -2.48. The summed E-state index contributed by atoms with van der Waals surface area (Å²) in [4.78, 5) is 16.7. The van der Waals surface area contributed by atoms with Crippen molar-refractivity contribution in [3.8, 4) is 0 Å². The molecule has 0 spiro atoms. The van der Waals surface area contributed by atoms with Gasteiger partial charge in [-0.2, -0.15) is 0 Å². The lowest BCUT2D eigenvalue weighted by molar-refractivity contribution is 0.183. The smallest absolute Gasteiger partial charge is 0.314 e. The molecule has 0 saturated carbocycles. The highest BCUT2D eigenvalue weighted by Crippen LogP contribution is 2.10. The van der Waals surface area contributed by atoms with E-state index in [0.29, 0.717) is 18.5 Å². The van der Waals surface area contributed by atoms with Crippen LogP contribution in [0, 0.1) is 5.92 Å². The number of rotatable bonds is 12. The van der Waals surface area contributed by atoms with Gasteiger partial charge in [-0.15, -0.1) is 0 Å². The Morgan fingerprint density at radius 3 is 2.00 bits per heavy atom. The Labute approximate surface area is 137 Å². The van der Waals surface area contributed by atoms with Crippen molar-refractivity contribution in [1.29, 1.82) is 0 Å². The molecule has 0 aliphatic heterocycles. The third-order valence-corrected chi connectivity index (χ3v) is 4.18. The number of urea groups is 1. The summed E-state index contributed by atoms with van der Waals surface area (Å²) < 4.78 is 0. The minimum absolute atomic E-state index is 0.0481. The van der Waals surface area contributed by atoms with E-state index in [1.165, 1.54) is 0 Å². The van der Waals surface area contributed by atoms with E-state index in [1.54, 1.807) is 0 Å². The fourth-order valence-corrected chi connectivity index (χ4v) is 2.79. The summed E-state index contributed by atoms with van der Waals surface area (Å²) in [6, 6.07) is 0.372. The van der Waals surface area contributed by atoms with E-state index >= 15 is 0 Å². The SMILES string of the molecule is CCN(CC)CCNC(=O)NCC(CC(C)C)N(CC)CC. The molecule has 0 aliphatic rings. The maximum absolute atomic E-state index is 11.9. The van der Waals surface area contributed by atoms with Gasteiger partial charge < -0.3 is 15.5 Å². The van der Waals surface area contributed by atoms with Gasteiger partial charge in [0.2, 0.25) is 0 Å². The van der Waals surface area contributed by atoms with Crippen molar-refractivity contribution in [2.45, 2.75) is 54.0 Å². The number of carbonyl (C=O) groups is 1. The van der Waals surface area contributed by atoms with Crippen LogP contribution in [-0.4, -0.2) is 67.7 Å². The molecule has 0 heterocycles. The van der Waals surface area contributed by atoms with Gasteiger partial charge >= 0.3 is 6.03 Å². The highest BCUT2D eigenvalue weighted by Gasteiger charge is 2.17. The predicted molar refractivity (Wildman–Crippen MR) is 95.4 cm³/mol. The molecule has 0 rings (SSSR count). The first-order valence-corrected chi connectivity index (χ1v) is 8.96. The first-order chi connectivity index (χ1) is 10.5. The van der Waals surface area contributed by atoms with Crippen molar-refractivity contribution in [3.05, 3.63) is 0 Å². The Kier molecular flexibility index (Phi) is 12.2. The van der Waals surface area contributed by atoms with Gasteiger partial charge in [-0.1, -0.05) is 41.5 Å². The summed E-state index contributed by atoms with van der Waals surface area (Å²) in [6.07, 6.45) is 1.11. The summed E-state index contributed by atoms with van der Waals surface area (Å²) in [5, 5.41) is 5.99. The summed E-state index contributed by atoms with van der Waals surface area (Å²) in [6.45, 7) is 19.6. The number of hydrogen-bond acceptors (Lipinski definition) is 3. The van der Waals surface area contributed by atoms with E-state index in [-0.39, 0.29) is 6.03 Å². The van der Waals surface area contributed by atoms with Gasteiger partial charge in [0.05, 0.1) is 0 Å². The van der Waals surface area contributed by atoms with Crippen LogP contribution in [0.15, 0.2) is 0 Å². The van der Waals surface area contributed by atoms with Crippen LogP contribution in [0.3, 0.4) is 0 Å². The molecule has 1 unspecified atom stereocenters. The van der Waals surface area contributed by atoms with Crippen LogP contribution < -0.4 is 10.6 Å². The lowest BCUT2D eigenvalue weighted by atomic mass is 10.0. The normalized spacial score (nSPS) is 13.0. The van der Waals surface area contributed by atoms with Crippen molar-refractivity contribution in [1.82, 2.24) is 20.4 Å². The Bertz CT molecular complexity index is 276. The monoisotopic (exact) mass is 314 g/mol. The average Bonchev–Trinajstić information content (AvgIpc) is 2.49. The fourth-order valence-electron chi connectivity index (χ4n) is 2.79.